The third-order valence-corrected chi connectivity index (χ3v) is 7.36. The summed E-state index contributed by atoms with van der Waals surface area (Å²) in [4.78, 5) is 23.9. The number of sulfonamides is 1. The van der Waals surface area contributed by atoms with Gasteiger partial charge in [-0.25, -0.2) is 8.42 Å². The van der Waals surface area contributed by atoms with E-state index in [0.29, 0.717) is 16.8 Å². The number of carbonyl (C=O) groups is 2. The topological polar surface area (TPSA) is 83.5 Å². The SMILES string of the molecule is CC(=O)c1ccc(NC(=O)c2ccc(S(=O)(=O)N(C)C3CCCCC3)cc2)cc1. The lowest BCUT2D eigenvalue weighted by Gasteiger charge is -2.30. The number of nitrogens with one attached hydrogen (secondary N) is 1. The molecule has 0 aliphatic heterocycles. The molecule has 0 radical (unpaired) electrons. The number of Topliss-reactive ketones (excluding diaryl/α,β-unsaturated/α-hetero) is 1. The van der Waals surface area contributed by atoms with Gasteiger partial charge in [0.1, 0.15) is 0 Å². The van der Waals surface area contributed by atoms with Crippen molar-refractivity contribution >= 4 is 27.4 Å². The van der Waals surface area contributed by atoms with Crippen LogP contribution in [0.3, 0.4) is 0 Å². The first-order valence-corrected chi connectivity index (χ1v) is 11.2. The molecule has 154 valence electrons. The molecule has 0 aromatic heterocycles. The zero-order valence-corrected chi connectivity index (χ0v) is 17.5. The third-order valence-electron chi connectivity index (χ3n) is 5.43. The van der Waals surface area contributed by atoms with Gasteiger partial charge in [-0.05, 0) is 68.3 Å². The summed E-state index contributed by atoms with van der Waals surface area (Å²) in [5, 5.41) is 2.75. The predicted molar refractivity (Wildman–Crippen MR) is 113 cm³/mol. The zero-order valence-electron chi connectivity index (χ0n) is 16.7. The van der Waals surface area contributed by atoms with E-state index in [0.717, 1.165) is 32.1 Å². The molecule has 3 rings (SSSR count). The lowest BCUT2D eigenvalue weighted by molar-refractivity contribution is 0.101. The number of hydrogen-bond donors (Lipinski definition) is 1. The first-order chi connectivity index (χ1) is 13.8. The van der Waals surface area contributed by atoms with E-state index in [2.05, 4.69) is 5.32 Å². The summed E-state index contributed by atoms with van der Waals surface area (Å²) in [6, 6.07) is 12.6. The van der Waals surface area contributed by atoms with Gasteiger partial charge in [-0.2, -0.15) is 4.31 Å². The van der Waals surface area contributed by atoms with E-state index in [1.165, 1.54) is 35.5 Å². The Hall–Kier alpha value is -2.51. The highest BCUT2D eigenvalue weighted by molar-refractivity contribution is 7.89. The molecule has 0 saturated heterocycles. The minimum Gasteiger partial charge on any atom is -0.322 e. The number of anilines is 1. The second-order valence-corrected chi connectivity index (χ2v) is 9.42. The second kappa shape index (κ2) is 8.88. The molecule has 0 bridgehead atoms. The van der Waals surface area contributed by atoms with Crippen molar-refractivity contribution in [2.75, 3.05) is 12.4 Å². The van der Waals surface area contributed by atoms with Crippen LogP contribution in [0.15, 0.2) is 53.4 Å². The summed E-state index contributed by atoms with van der Waals surface area (Å²) in [6.45, 7) is 1.48. The van der Waals surface area contributed by atoms with Crippen LogP contribution in [0.5, 0.6) is 0 Å². The average Bonchev–Trinajstić information content (AvgIpc) is 2.74. The van der Waals surface area contributed by atoms with Crippen LogP contribution in [0.2, 0.25) is 0 Å². The summed E-state index contributed by atoms with van der Waals surface area (Å²) >= 11 is 0. The molecule has 1 aliphatic carbocycles. The minimum atomic E-state index is -3.58. The molecule has 0 atom stereocenters. The number of amides is 1. The van der Waals surface area contributed by atoms with Crippen molar-refractivity contribution in [2.24, 2.45) is 0 Å². The van der Waals surface area contributed by atoms with Crippen molar-refractivity contribution in [3.8, 4) is 0 Å². The van der Waals surface area contributed by atoms with Crippen LogP contribution in [0.4, 0.5) is 5.69 Å². The second-order valence-electron chi connectivity index (χ2n) is 7.43. The summed E-state index contributed by atoms with van der Waals surface area (Å²) < 4.78 is 27.2. The summed E-state index contributed by atoms with van der Waals surface area (Å²) in [5.41, 5.74) is 1.49. The maximum absolute atomic E-state index is 12.9. The fraction of sp³-hybridized carbons (Fsp3) is 0.364. The summed E-state index contributed by atoms with van der Waals surface area (Å²) in [6.07, 6.45) is 5.04. The number of benzene rings is 2. The molecule has 2 aromatic rings. The van der Waals surface area contributed by atoms with Gasteiger partial charge in [0.2, 0.25) is 10.0 Å². The molecular weight excluding hydrogens is 388 g/mol. The van der Waals surface area contributed by atoms with Crippen LogP contribution in [-0.4, -0.2) is 37.5 Å². The van der Waals surface area contributed by atoms with Gasteiger partial charge in [-0.3, -0.25) is 9.59 Å². The quantitative estimate of drug-likeness (QED) is 0.722. The first kappa shape index (κ1) is 21.2. The fourth-order valence-corrected chi connectivity index (χ4v) is 4.99. The largest absolute Gasteiger partial charge is 0.322 e. The van der Waals surface area contributed by atoms with Crippen molar-refractivity contribution < 1.29 is 18.0 Å². The van der Waals surface area contributed by atoms with E-state index in [1.807, 2.05) is 0 Å². The molecule has 1 saturated carbocycles. The van der Waals surface area contributed by atoms with Crippen LogP contribution >= 0.6 is 0 Å². The maximum atomic E-state index is 12.9. The monoisotopic (exact) mass is 414 g/mol. The zero-order chi connectivity index (χ0) is 21.0. The Morgan fingerprint density at radius 1 is 0.897 bits per heavy atom. The highest BCUT2D eigenvalue weighted by Crippen LogP contribution is 2.26. The summed E-state index contributed by atoms with van der Waals surface area (Å²) in [7, 11) is -1.95. The van der Waals surface area contributed by atoms with E-state index in [9.17, 15) is 18.0 Å². The molecule has 1 fully saturated rings. The highest BCUT2D eigenvalue weighted by atomic mass is 32.2. The average molecular weight is 415 g/mol. The number of nitrogens with zero attached hydrogens (tertiary/aromatic N) is 1. The van der Waals surface area contributed by atoms with Crippen LogP contribution in [-0.2, 0) is 10.0 Å². The van der Waals surface area contributed by atoms with E-state index >= 15 is 0 Å². The van der Waals surface area contributed by atoms with Gasteiger partial charge in [0.15, 0.2) is 5.78 Å². The molecule has 0 unspecified atom stereocenters. The van der Waals surface area contributed by atoms with Gasteiger partial charge < -0.3 is 5.32 Å². The van der Waals surface area contributed by atoms with Gasteiger partial charge in [-0.1, -0.05) is 19.3 Å². The summed E-state index contributed by atoms with van der Waals surface area (Å²) in [5.74, 6) is -0.386. The van der Waals surface area contributed by atoms with Gasteiger partial charge in [-0.15, -0.1) is 0 Å². The van der Waals surface area contributed by atoms with E-state index < -0.39 is 10.0 Å². The van der Waals surface area contributed by atoms with Crippen molar-refractivity contribution in [1.82, 2.24) is 4.31 Å². The molecule has 6 nitrogen and oxygen atoms in total. The first-order valence-electron chi connectivity index (χ1n) is 9.79. The minimum absolute atomic E-state index is 0.0368. The van der Waals surface area contributed by atoms with E-state index in [1.54, 1.807) is 31.3 Å². The van der Waals surface area contributed by atoms with Crippen molar-refractivity contribution in [2.45, 2.75) is 50.0 Å². The fourth-order valence-electron chi connectivity index (χ4n) is 3.58. The van der Waals surface area contributed by atoms with Crippen molar-refractivity contribution in [3.05, 3.63) is 59.7 Å². The third kappa shape index (κ3) is 4.92. The molecule has 0 spiro atoms. The van der Waals surface area contributed by atoms with Crippen LogP contribution in [0.25, 0.3) is 0 Å². The Labute approximate surface area is 172 Å². The van der Waals surface area contributed by atoms with Crippen LogP contribution in [0.1, 0.15) is 59.7 Å². The molecule has 1 N–H and O–H groups in total. The van der Waals surface area contributed by atoms with Gasteiger partial charge >= 0.3 is 0 Å². The lowest BCUT2D eigenvalue weighted by atomic mass is 9.96. The Kier molecular flexibility index (Phi) is 6.49. The van der Waals surface area contributed by atoms with Gasteiger partial charge in [0.05, 0.1) is 4.90 Å². The smallest absolute Gasteiger partial charge is 0.255 e. The molecule has 1 aliphatic rings. The standard InChI is InChI=1S/C22H26N2O4S/c1-16(25)17-8-12-19(13-9-17)23-22(26)18-10-14-21(15-11-18)29(27,28)24(2)20-6-4-3-5-7-20/h8-15,20H,3-7H2,1-2H3,(H,23,26). The van der Waals surface area contributed by atoms with Crippen LogP contribution < -0.4 is 5.32 Å². The Balaban J connectivity index is 1.70. The predicted octanol–water partition coefficient (Wildman–Crippen LogP) is 4.09. The maximum Gasteiger partial charge on any atom is 0.255 e. The normalized spacial score (nSPS) is 15.3. The Bertz CT molecular complexity index is 976. The molecule has 2 aromatic carbocycles. The molecule has 1 amide bonds. The number of ketones is 1. The highest BCUT2D eigenvalue weighted by Gasteiger charge is 2.29. The Morgan fingerprint density at radius 3 is 2.00 bits per heavy atom. The Morgan fingerprint density at radius 2 is 1.45 bits per heavy atom. The molecule has 0 heterocycles. The van der Waals surface area contributed by atoms with Crippen molar-refractivity contribution in [3.63, 3.8) is 0 Å². The number of hydrogen-bond acceptors (Lipinski definition) is 4. The van der Waals surface area contributed by atoms with Gasteiger partial charge in [0.25, 0.3) is 5.91 Å². The van der Waals surface area contributed by atoms with Crippen LogP contribution in [0, 0.1) is 0 Å². The molecule has 7 heteroatoms. The van der Waals surface area contributed by atoms with E-state index in [-0.39, 0.29) is 22.6 Å². The van der Waals surface area contributed by atoms with E-state index in [4.69, 9.17) is 0 Å². The van der Waals surface area contributed by atoms with Gasteiger partial charge in [0, 0.05) is 29.9 Å². The lowest BCUT2D eigenvalue weighted by Crippen LogP contribution is -2.38. The molecule has 29 heavy (non-hydrogen) atoms. The van der Waals surface area contributed by atoms with Crippen molar-refractivity contribution in [1.29, 1.82) is 0 Å². The molecular formula is C22H26N2O4S. The number of carbonyl (C=O) groups excluding carboxylic acids is 2. The number of rotatable bonds is 6.